The lowest BCUT2D eigenvalue weighted by Gasteiger charge is -2.18. The molecule has 0 radical (unpaired) electrons. The van der Waals surface area contributed by atoms with Crippen molar-refractivity contribution in [2.24, 2.45) is 0 Å². The summed E-state index contributed by atoms with van der Waals surface area (Å²) in [5.41, 5.74) is 4.42. The average Bonchev–Trinajstić information content (AvgIpc) is 3.02. The number of nitrogens with one attached hydrogen (secondary N) is 3. The number of halogens is 1. The fraction of sp³-hybridized carbons (Fsp3) is 0.360. The van der Waals surface area contributed by atoms with E-state index in [1.54, 1.807) is 24.7 Å². The Balaban J connectivity index is 1.41. The standard InChI is InChI=1S/C25H31ClN8O/c1-15-12-22(29-11-10-28-20-8-9-27-21-13-18(26)6-7-19(20)21)31-24(30-15)32-23-16(2)33-34(17(23)3)14-25(4,5)35/h6-9,12-13,35H,10-11,14H2,1-5H3,(H,27,28)(H2,29,30,31,32). The molecular weight excluding hydrogens is 464 g/mol. The summed E-state index contributed by atoms with van der Waals surface area (Å²) in [4.78, 5) is 13.5. The van der Waals surface area contributed by atoms with Crippen LogP contribution in [0.1, 0.15) is 30.9 Å². The molecule has 0 amide bonds. The highest BCUT2D eigenvalue weighted by Crippen LogP contribution is 2.25. The summed E-state index contributed by atoms with van der Waals surface area (Å²) in [7, 11) is 0. The summed E-state index contributed by atoms with van der Waals surface area (Å²) in [5, 5.41) is 26.5. The van der Waals surface area contributed by atoms with E-state index in [0.717, 1.165) is 45.2 Å². The zero-order chi connectivity index (χ0) is 25.2. The van der Waals surface area contributed by atoms with Gasteiger partial charge in [0.25, 0.3) is 0 Å². The molecule has 0 aliphatic rings. The number of hydrogen-bond donors (Lipinski definition) is 4. The number of benzene rings is 1. The molecular formula is C25H31ClN8O. The van der Waals surface area contributed by atoms with E-state index in [1.165, 1.54) is 0 Å². The molecule has 0 bridgehead atoms. The number of nitrogens with zero attached hydrogens (tertiary/aromatic N) is 5. The van der Waals surface area contributed by atoms with Crippen LogP contribution in [0.5, 0.6) is 0 Å². The first-order valence-corrected chi connectivity index (χ1v) is 11.9. The molecule has 0 unspecified atom stereocenters. The molecule has 4 N–H and O–H groups in total. The molecule has 0 aliphatic heterocycles. The Morgan fingerprint density at radius 2 is 1.80 bits per heavy atom. The Morgan fingerprint density at radius 3 is 2.57 bits per heavy atom. The zero-order valence-corrected chi connectivity index (χ0v) is 21.4. The summed E-state index contributed by atoms with van der Waals surface area (Å²) in [6, 6.07) is 9.56. The van der Waals surface area contributed by atoms with E-state index >= 15 is 0 Å². The predicted octanol–water partition coefficient (Wildman–Crippen LogP) is 4.84. The average molecular weight is 495 g/mol. The molecule has 0 atom stereocenters. The molecule has 0 aliphatic carbocycles. The van der Waals surface area contributed by atoms with Crippen molar-refractivity contribution in [1.82, 2.24) is 24.7 Å². The first-order valence-electron chi connectivity index (χ1n) is 11.5. The number of aryl methyl sites for hydroxylation is 2. The molecule has 4 rings (SSSR count). The zero-order valence-electron chi connectivity index (χ0n) is 20.6. The third-order valence-corrected chi connectivity index (χ3v) is 5.70. The van der Waals surface area contributed by atoms with Gasteiger partial charge in [-0.2, -0.15) is 10.1 Å². The number of fused-ring (bicyclic) bond motifs is 1. The van der Waals surface area contributed by atoms with Gasteiger partial charge in [-0.3, -0.25) is 9.67 Å². The fourth-order valence-corrected chi connectivity index (χ4v) is 4.05. The van der Waals surface area contributed by atoms with Crippen LogP contribution in [0.15, 0.2) is 36.5 Å². The van der Waals surface area contributed by atoms with Crippen LogP contribution >= 0.6 is 11.6 Å². The second kappa shape index (κ2) is 10.1. The Kier molecular flexibility index (Phi) is 7.09. The minimum Gasteiger partial charge on any atom is -0.389 e. The summed E-state index contributed by atoms with van der Waals surface area (Å²) in [6.45, 7) is 11.1. The van der Waals surface area contributed by atoms with Crippen molar-refractivity contribution in [2.75, 3.05) is 29.0 Å². The minimum atomic E-state index is -0.860. The molecule has 0 spiro atoms. The number of hydrogen-bond acceptors (Lipinski definition) is 8. The van der Waals surface area contributed by atoms with Gasteiger partial charge < -0.3 is 21.1 Å². The first kappa shape index (κ1) is 24.7. The maximum Gasteiger partial charge on any atom is 0.229 e. The Hall–Kier alpha value is -3.43. The van der Waals surface area contributed by atoms with Crippen LogP contribution < -0.4 is 16.0 Å². The van der Waals surface area contributed by atoms with E-state index < -0.39 is 5.60 Å². The Bertz CT molecular complexity index is 1350. The second-order valence-corrected chi connectivity index (χ2v) is 9.67. The Labute approximate surface area is 210 Å². The van der Waals surface area contributed by atoms with Gasteiger partial charge in [-0.15, -0.1) is 0 Å². The summed E-state index contributed by atoms with van der Waals surface area (Å²) < 4.78 is 1.80. The van der Waals surface area contributed by atoms with Crippen LogP contribution in [-0.2, 0) is 6.54 Å². The van der Waals surface area contributed by atoms with Crippen LogP contribution in [-0.4, -0.2) is 48.5 Å². The molecule has 35 heavy (non-hydrogen) atoms. The third kappa shape index (κ3) is 6.17. The van der Waals surface area contributed by atoms with Crippen molar-refractivity contribution in [3.8, 4) is 0 Å². The van der Waals surface area contributed by atoms with E-state index in [4.69, 9.17) is 11.6 Å². The summed E-state index contributed by atoms with van der Waals surface area (Å²) in [6.07, 6.45) is 1.77. The van der Waals surface area contributed by atoms with Gasteiger partial charge >= 0.3 is 0 Å². The van der Waals surface area contributed by atoms with Gasteiger partial charge in [0, 0.05) is 47.1 Å². The Morgan fingerprint density at radius 1 is 1.03 bits per heavy atom. The number of aliphatic hydroxyl groups is 1. The van der Waals surface area contributed by atoms with Crippen LogP contribution in [0, 0.1) is 20.8 Å². The lowest BCUT2D eigenvalue weighted by Crippen LogP contribution is -2.27. The van der Waals surface area contributed by atoms with Gasteiger partial charge in [0.1, 0.15) is 5.82 Å². The molecule has 3 heterocycles. The highest BCUT2D eigenvalue weighted by atomic mass is 35.5. The van der Waals surface area contributed by atoms with Crippen LogP contribution in [0.2, 0.25) is 5.02 Å². The number of pyridine rings is 1. The van der Waals surface area contributed by atoms with Gasteiger partial charge in [-0.25, -0.2) is 4.98 Å². The van der Waals surface area contributed by atoms with Gasteiger partial charge in [0.2, 0.25) is 5.95 Å². The largest absolute Gasteiger partial charge is 0.389 e. The van der Waals surface area contributed by atoms with E-state index in [-0.39, 0.29) is 0 Å². The highest BCUT2D eigenvalue weighted by molar-refractivity contribution is 6.31. The lowest BCUT2D eigenvalue weighted by atomic mass is 10.1. The highest BCUT2D eigenvalue weighted by Gasteiger charge is 2.19. The molecule has 10 heteroatoms. The number of rotatable bonds is 9. The normalized spacial score (nSPS) is 11.6. The van der Waals surface area contributed by atoms with E-state index in [9.17, 15) is 5.11 Å². The van der Waals surface area contributed by atoms with Gasteiger partial charge in [0.05, 0.1) is 34.7 Å². The molecule has 0 saturated heterocycles. The summed E-state index contributed by atoms with van der Waals surface area (Å²) in [5.74, 6) is 1.22. The number of aromatic nitrogens is 5. The molecule has 184 valence electrons. The SMILES string of the molecule is Cc1cc(NCCNc2ccnc3cc(Cl)ccc23)nc(Nc2c(C)nn(CC(C)(C)O)c2C)n1. The lowest BCUT2D eigenvalue weighted by molar-refractivity contribution is 0.0570. The van der Waals surface area contributed by atoms with Crippen LogP contribution in [0.3, 0.4) is 0 Å². The quantitative estimate of drug-likeness (QED) is 0.244. The molecule has 0 saturated carbocycles. The van der Waals surface area contributed by atoms with Crippen LogP contribution in [0.4, 0.5) is 23.1 Å². The predicted molar refractivity (Wildman–Crippen MR) is 142 cm³/mol. The van der Waals surface area contributed by atoms with Gasteiger partial charge in [-0.05, 0) is 58.9 Å². The van der Waals surface area contributed by atoms with Crippen LogP contribution in [0.25, 0.3) is 10.9 Å². The number of anilines is 4. The molecule has 3 aromatic heterocycles. The molecule has 9 nitrogen and oxygen atoms in total. The summed E-state index contributed by atoms with van der Waals surface area (Å²) >= 11 is 6.08. The smallest absolute Gasteiger partial charge is 0.229 e. The topological polar surface area (TPSA) is 113 Å². The van der Waals surface area contributed by atoms with Gasteiger partial charge in [0.15, 0.2) is 0 Å². The van der Waals surface area contributed by atoms with Crippen molar-refractivity contribution in [3.63, 3.8) is 0 Å². The van der Waals surface area contributed by atoms with Crippen molar-refractivity contribution in [3.05, 3.63) is 58.6 Å². The van der Waals surface area contributed by atoms with E-state index in [2.05, 4.69) is 36.0 Å². The molecule has 1 aromatic carbocycles. The monoisotopic (exact) mass is 494 g/mol. The second-order valence-electron chi connectivity index (χ2n) is 9.23. The maximum atomic E-state index is 10.2. The minimum absolute atomic E-state index is 0.398. The van der Waals surface area contributed by atoms with E-state index in [0.29, 0.717) is 30.6 Å². The van der Waals surface area contributed by atoms with Crippen molar-refractivity contribution in [1.29, 1.82) is 0 Å². The van der Waals surface area contributed by atoms with Crippen molar-refractivity contribution in [2.45, 2.75) is 46.8 Å². The molecule has 4 aromatic rings. The fourth-order valence-electron chi connectivity index (χ4n) is 3.89. The van der Waals surface area contributed by atoms with Crippen molar-refractivity contribution >= 4 is 45.6 Å². The van der Waals surface area contributed by atoms with Gasteiger partial charge in [-0.1, -0.05) is 11.6 Å². The first-order chi connectivity index (χ1) is 16.6. The van der Waals surface area contributed by atoms with E-state index in [1.807, 2.05) is 51.1 Å². The maximum absolute atomic E-state index is 10.2. The molecule has 0 fully saturated rings. The van der Waals surface area contributed by atoms with Crippen molar-refractivity contribution < 1.29 is 5.11 Å². The third-order valence-electron chi connectivity index (χ3n) is 5.46.